The maximum Gasteiger partial charge on any atom is 0.305 e. The highest BCUT2D eigenvalue weighted by Crippen LogP contribution is 2.19. The molecule has 0 aromatic carbocycles. The van der Waals surface area contributed by atoms with Crippen LogP contribution >= 0.6 is 0 Å². The lowest BCUT2D eigenvalue weighted by Gasteiger charge is -2.20. The largest absolute Gasteiger partial charge is 0.466 e. The van der Waals surface area contributed by atoms with Gasteiger partial charge in [-0.05, 0) is 89.9 Å². The summed E-state index contributed by atoms with van der Waals surface area (Å²) in [4.78, 5) is 24.6. The highest BCUT2D eigenvalue weighted by atomic mass is 16.5. The molecule has 0 aliphatic rings. The Labute approximate surface area is 544 Å². The quantitative estimate of drug-likeness (QED) is 0.0320. The lowest BCUT2D eigenvalue weighted by Crippen LogP contribution is -2.45. The number of ether oxygens (including phenoxy) is 1. The Morgan fingerprint density at radius 3 is 0.885 bits per heavy atom. The third-order valence-electron chi connectivity index (χ3n) is 18.3. The summed E-state index contributed by atoms with van der Waals surface area (Å²) < 4.78 is 5.51. The molecule has 0 spiro atoms. The van der Waals surface area contributed by atoms with Crippen molar-refractivity contribution in [3.63, 3.8) is 0 Å². The van der Waals surface area contributed by atoms with Crippen LogP contribution in [0.1, 0.15) is 431 Å². The van der Waals surface area contributed by atoms with E-state index < -0.39 is 12.1 Å². The topological polar surface area (TPSA) is 95.9 Å². The Morgan fingerprint density at radius 1 is 0.322 bits per heavy atom. The summed E-state index contributed by atoms with van der Waals surface area (Å²) >= 11 is 0. The summed E-state index contributed by atoms with van der Waals surface area (Å²) in [6.45, 7) is 4.94. The summed E-state index contributed by atoms with van der Waals surface area (Å²) in [5.74, 6) is -0.0485. The zero-order valence-electron chi connectivity index (χ0n) is 58.8. The van der Waals surface area contributed by atoms with Crippen molar-refractivity contribution in [3.05, 3.63) is 48.6 Å². The van der Waals surface area contributed by atoms with E-state index in [-0.39, 0.29) is 18.5 Å². The third-order valence-corrected chi connectivity index (χ3v) is 18.3. The van der Waals surface area contributed by atoms with Gasteiger partial charge in [-0.3, -0.25) is 9.59 Å². The minimum atomic E-state index is -0.844. The van der Waals surface area contributed by atoms with Crippen molar-refractivity contribution in [2.75, 3.05) is 13.2 Å². The monoisotopic (exact) mass is 1220 g/mol. The number of carbonyl (C=O) groups excluding carboxylic acids is 2. The molecule has 6 heteroatoms. The van der Waals surface area contributed by atoms with E-state index >= 15 is 0 Å². The number of esters is 1. The highest BCUT2D eigenvalue weighted by Gasteiger charge is 2.18. The average molecular weight is 1220 g/mol. The number of aliphatic hydroxyl groups excluding tert-OH is 2. The molecular weight excluding hydrogens is 1070 g/mol. The number of hydrogen-bond donors (Lipinski definition) is 3. The number of aliphatic hydroxyl groups is 2. The number of unbranched alkanes of at least 4 members (excludes halogenated alkanes) is 57. The zero-order chi connectivity index (χ0) is 62.8. The van der Waals surface area contributed by atoms with Gasteiger partial charge in [0.15, 0.2) is 0 Å². The molecule has 0 aromatic heterocycles. The standard InChI is InChI=1S/C81H153NO5/c1-3-5-7-9-11-13-15-17-19-21-43-47-51-55-59-63-67-71-75-81(86)87-76-72-68-64-60-56-52-48-44-40-38-36-34-32-30-28-26-24-22-23-25-27-29-31-33-35-37-39-42-46-50-54-58-62-66-70-74-80(85)82-78(77-83)79(84)73-69-65-61-57-53-49-45-41-20-18-16-14-12-10-8-6-4-2/h19,21,24,26,30,32,69,73,78-79,83-84H,3-18,20,22-23,25,27-29,31,33-68,70-72,74-77H2,1-2H3,(H,82,85)/b21-19-,26-24-,32-30-,73-69+. The third kappa shape index (κ3) is 72.8. The predicted octanol–water partition coefficient (Wildman–Crippen LogP) is 26.0. The second-order valence-corrected chi connectivity index (χ2v) is 27.0. The molecule has 0 heterocycles. The van der Waals surface area contributed by atoms with Crippen molar-refractivity contribution in [1.82, 2.24) is 5.32 Å². The Morgan fingerprint density at radius 2 is 0.575 bits per heavy atom. The van der Waals surface area contributed by atoms with Gasteiger partial charge in [-0.25, -0.2) is 0 Å². The Hall–Kier alpha value is -2.18. The Bertz CT molecular complexity index is 1450. The molecule has 0 aromatic rings. The number of amides is 1. The van der Waals surface area contributed by atoms with Gasteiger partial charge in [0.25, 0.3) is 0 Å². The average Bonchev–Trinajstić information content (AvgIpc) is 3.53. The molecule has 0 radical (unpaired) electrons. The van der Waals surface area contributed by atoms with Crippen LogP contribution < -0.4 is 5.32 Å². The summed E-state index contributed by atoms with van der Waals surface area (Å²) in [5.41, 5.74) is 0. The molecule has 87 heavy (non-hydrogen) atoms. The Kier molecular flexibility index (Phi) is 74.4. The number of nitrogens with one attached hydrogen (secondary N) is 1. The number of allylic oxidation sites excluding steroid dienone is 7. The molecule has 1 amide bonds. The second kappa shape index (κ2) is 76.3. The van der Waals surface area contributed by atoms with Gasteiger partial charge in [-0.1, -0.05) is 377 Å². The molecule has 3 N–H and O–H groups in total. The Balaban J connectivity index is 3.38. The van der Waals surface area contributed by atoms with Crippen molar-refractivity contribution < 1.29 is 24.5 Å². The van der Waals surface area contributed by atoms with E-state index in [1.54, 1.807) is 6.08 Å². The van der Waals surface area contributed by atoms with Crippen LogP contribution in [0.15, 0.2) is 48.6 Å². The fraction of sp³-hybridized carbons (Fsp3) is 0.877. The van der Waals surface area contributed by atoms with Gasteiger partial charge in [0.1, 0.15) is 0 Å². The fourth-order valence-electron chi connectivity index (χ4n) is 12.3. The normalized spacial score (nSPS) is 12.7. The van der Waals surface area contributed by atoms with Gasteiger partial charge in [0.2, 0.25) is 5.91 Å². The number of carbonyl (C=O) groups is 2. The first-order valence-electron chi connectivity index (χ1n) is 39.4. The summed E-state index contributed by atoms with van der Waals surface area (Å²) in [7, 11) is 0. The van der Waals surface area contributed by atoms with E-state index in [0.29, 0.717) is 19.4 Å². The molecule has 0 saturated carbocycles. The van der Waals surface area contributed by atoms with Gasteiger partial charge in [-0.2, -0.15) is 0 Å². The van der Waals surface area contributed by atoms with Crippen LogP contribution in [0.5, 0.6) is 0 Å². The van der Waals surface area contributed by atoms with Crippen LogP contribution in [0.3, 0.4) is 0 Å². The molecule has 2 unspecified atom stereocenters. The molecule has 512 valence electrons. The van der Waals surface area contributed by atoms with Crippen molar-refractivity contribution >= 4 is 11.9 Å². The summed E-state index contributed by atoms with van der Waals surface area (Å²) in [5, 5.41) is 23.2. The first-order chi connectivity index (χ1) is 43.0. The summed E-state index contributed by atoms with van der Waals surface area (Å²) in [6.07, 6.45) is 101. The molecular formula is C81H153NO5. The molecule has 0 rings (SSSR count). The van der Waals surface area contributed by atoms with Crippen molar-refractivity contribution in [2.24, 2.45) is 0 Å². The smallest absolute Gasteiger partial charge is 0.305 e. The van der Waals surface area contributed by atoms with E-state index in [1.165, 1.54) is 353 Å². The van der Waals surface area contributed by atoms with Gasteiger partial charge >= 0.3 is 5.97 Å². The van der Waals surface area contributed by atoms with E-state index in [1.807, 2.05) is 6.08 Å². The van der Waals surface area contributed by atoms with Crippen LogP contribution in [-0.2, 0) is 14.3 Å². The van der Waals surface area contributed by atoms with E-state index in [0.717, 1.165) is 51.4 Å². The zero-order valence-corrected chi connectivity index (χ0v) is 58.8. The van der Waals surface area contributed by atoms with Crippen molar-refractivity contribution in [1.29, 1.82) is 0 Å². The van der Waals surface area contributed by atoms with E-state index in [2.05, 4.69) is 55.6 Å². The number of hydrogen-bond acceptors (Lipinski definition) is 5. The highest BCUT2D eigenvalue weighted by molar-refractivity contribution is 5.76. The number of rotatable bonds is 74. The van der Waals surface area contributed by atoms with Crippen LogP contribution in [0.25, 0.3) is 0 Å². The van der Waals surface area contributed by atoms with Crippen LogP contribution in [0.2, 0.25) is 0 Å². The van der Waals surface area contributed by atoms with Crippen LogP contribution in [0, 0.1) is 0 Å². The fourth-order valence-corrected chi connectivity index (χ4v) is 12.3. The van der Waals surface area contributed by atoms with E-state index in [9.17, 15) is 19.8 Å². The maximum atomic E-state index is 12.5. The van der Waals surface area contributed by atoms with E-state index in [4.69, 9.17) is 4.74 Å². The predicted molar refractivity (Wildman–Crippen MR) is 384 cm³/mol. The minimum absolute atomic E-state index is 0.0141. The van der Waals surface area contributed by atoms with Gasteiger partial charge in [0, 0.05) is 12.8 Å². The lowest BCUT2D eigenvalue weighted by molar-refractivity contribution is -0.143. The molecule has 0 aliphatic carbocycles. The molecule has 0 aliphatic heterocycles. The van der Waals surface area contributed by atoms with Gasteiger partial charge in [-0.15, -0.1) is 0 Å². The van der Waals surface area contributed by atoms with Gasteiger partial charge < -0.3 is 20.3 Å². The first kappa shape index (κ1) is 84.8. The molecule has 6 nitrogen and oxygen atoms in total. The van der Waals surface area contributed by atoms with Crippen LogP contribution in [-0.4, -0.2) is 47.4 Å². The summed E-state index contributed by atoms with van der Waals surface area (Å²) in [6, 6.07) is -0.627. The molecule has 0 bridgehead atoms. The molecule has 0 fully saturated rings. The maximum absolute atomic E-state index is 12.5. The van der Waals surface area contributed by atoms with Crippen molar-refractivity contribution in [3.8, 4) is 0 Å². The van der Waals surface area contributed by atoms with Crippen LogP contribution in [0.4, 0.5) is 0 Å². The lowest BCUT2D eigenvalue weighted by atomic mass is 10.0. The first-order valence-corrected chi connectivity index (χ1v) is 39.4. The minimum Gasteiger partial charge on any atom is -0.466 e. The van der Waals surface area contributed by atoms with Crippen molar-refractivity contribution in [2.45, 2.75) is 443 Å². The van der Waals surface area contributed by atoms with Gasteiger partial charge in [0.05, 0.1) is 25.4 Å². The second-order valence-electron chi connectivity index (χ2n) is 27.0. The molecule has 0 saturated heterocycles. The SMILES string of the molecule is CCCCCCCCC/C=C\CCCCCCCCCC(=O)OCCCCCCCCCCCCC/C=C\C/C=C\CCCCCCCCCCCCCCCCCCCC(=O)NC(CO)C(O)/C=C/CCCCCCCCCCCCCCCCC. The molecule has 2 atom stereocenters.